The molecular formula is C12H18N2O3S. The maximum Gasteiger partial charge on any atom is 0.151 e. The van der Waals surface area contributed by atoms with Crippen LogP contribution in [0.4, 0.5) is 0 Å². The second-order valence-corrected chi connectivity index (χ2v) is 7.08. The number of nitrogens with zero attached hydrogens (tertiary/aromatic N) is 2. The van der Waals surface area contributed by atoms with Gasteiger partial charge in [-0.3, -0.25) is 9.48 Å². The molecule has 6 heteroatoms. The van der Waals surface area contributed by atoms with E-state index in [0.717, 1.165) is 17.8 Å². The zero-order chi connectivity index (χ0) is 13.3. The Balaban J connectivity index is 2.05. The number of aryl methyl sites for hydroxylation is 2. The van der Waals surface area contributed by atoms with Gasteiger partial charge < -0.3 is 0 Å². The second kappa shape index (κ2) is 4.84. The lowest BCUT2D eigenvalue weighted by atomic mass is 10.00. The highest BCUT2D eigenvalue weighted by Gasteiger charge is 2.32. The third kappa shape index (κ3) is 2.80. The number of carbonyl (C=O) groups is 1. The van der Waals surface area contributed by atoms with E-state index in [0.29, 0.717) is 6.42 Å². The highest BCUT2D eigenvalue weighted by atomic mass is 32.2. The molecular weight excluding hydrogens is 252 g/mol. The van der Waals surface area contributed by atoms with E-state index in [1.54, 1.807) is 4.68 Å². The van der Waals surface area contributed by atoms with Crippen molar-refractivity contribution in [3.05, 3.63) is 17.5 Å². The molecule has 1 saturated heterocycles. The summed E-state index contributed by atoms with van der Waals surface area (Å²) in [6.07, 6.45) is 1.59. The maximum atomic E-state index is 12.0. The molecule has 0 bridgehead atoms. The summed E-state index contributed by atoms with van der Waals surface area (Å²) in [5, 5.41) is 4.28. The number of Topliss-reactive ketones (excluding diaryl/α,β-unsaturated/α-hetero) is 1. The van der Waals surface area contributed by atoms with Gasteiger partial charge in [0.1, 0.15) is 5.78 Å². The molecule has 1 aromatic rings. The quantitative estimate of drug-likeness (QED) is 0.800. The van der Waals surface area contributed by atoms with Gasteiger partial charge in [0.2, 0.25) is 0 Å². The number of hydrogen-bond donors (Lipinski definition) is 0. The number of sulfone groups is 1. The van der Waals surface area contributed by atoms with Crippen LogP contribution in [0.1, 0.15) is 24.7 Å². The molecule has 1 aliphatic heterocycles. The molecule has 0 aliphatic carbocycles. The van der Waals surface area contributed by atoms with Crippen molar-refractivity contribution in [3.63, 3.8) is 0 Å². The van der Waals surface area contributed by atoms with Crippen LogP contribution in [0.25, 0.3) is 0 Å². The lowest BCUT2D eigenvalue weighted by Gasteiger charge is -2.06. The number of carbonyl (C=O) groups excluding carboxylic acids is 1. The van der Waals surface area contributed by atoms with Crippen LogP contribution in [0.15, 0.2) is 6.07 Å². The normalized spacial score (nSPS) is 22.2. The number of rotatable bonds is 4. The van der Waals surface area contributed by atoms with Gasteiger partial charge in [-0.25, -0.2) is 8.42 Å². The van der Waals surface area contributed by atoms with Crippen molar-refractivity contribution in [1.82, 2.24) is 9.78 Å². The lowest BCUT2D eigenvalue weighted by Crippen LogP contribution is -2.19. The summed E-state index contributed by atoms with van der Waals surface area (Å²) < 4.78 is 24.4. The van der Waals surface area contributed by atoms with E-state index in [2.05, 4.69) is 5.10 Å². The number of ketones is 1. The molecule has 0 amide bonds. The molecule has 2 heterocycles. The van der Waals surface area contributed by atoms with Crippen molar-refractivity contribution < 1.29 is 13.2 Å². The Morgan fingerprint density at radius 1 is 1.56 bits per heavy atom. The van der Waals surface area contributed by atoms with E-state index >= 15 is 0 Å². The smallest absolute Gasteiger partial charge is 0.151 e. The van der Waals surface area contributed by atoms with E-state index in [1.807, 2.05) is 20.0 Å². The van der Waals surface area contributed by atoms with Crippen LogP contribution in [-0.4, -0.2) is 35.5 Å². The fourth-order valence-corrected chi connectivity index (χ4v) is 4.06. The molecule has 2 rings (SSSR count). The van der Waals surface area contributed by atoms with Crippen LogP contribution in [0, 0.1) is 5.92 Å². The van der Waals surface area contributed by atoms with Crippen LogP contribution in [-0.2, 0) is 34.5 Å². The molecule has 5 nitrogen and oxygen atoms in total. The predicted molar refractivity (Wildman–Crippen MR) is 68.1 cm³/mol. The van der Waals surface area contributed by atoms with Crippen molar-refractivity contribution in [2.45, 2.75) is 26.2 Å². The van der Waals surface area contributed by atoms with Crippen molar-refractivity contribution in [1.29, 1.82) is 0 Å². The summed E-state index contributed by atoms with van der Waals surface area (Å²) in [5.74, 6) is -0.143. The van der Waals surface area contributed by atoms with E-state index in [1.165, 1.54) is 0 Å². The monoisotopic (exact) mass is 270 g/mol. The summed E-state index contributed by atoms with van der Waals surface area (Å²) in [6, 6.07) is 1.92. The van der Waals surface area contributed by atoms with Gasteiger partial charge in [0, 0.05) is 25.1 Å². The number of hydrogen-bond acceptors (Lipinski definition) is 4. The zero-order valence-corrected chi connectivity index (χ0v) is 11.5. The van der Waals surface area contributed by atoms with Gasteiger partial charge in [0.05, 0.1) is 17.2 Å². The van der Waals surface area contributed by atoms with E-state index < -0.39 is 9.84 Å². The maximum absolute atomic E-state index is 12.0. The van der Waals surface area contributed by atoms with Crippen molar-refractivity contribution in [2.24, 2.45) is 13.0 Å². The third-order valence-electron chi connectivity index (χ3n) is 3.43. The molecule has 18 heavy (non-hydrogen) atoms. The summed E-state index contributed by atoms with van der Waals surface area (Å²) >= 11 is 0. The zero-order valence-electron chi connectivity index (χ0n) is 10.7. The molecule has 0 N–H and O–H groups in total. The Morgan fingerprint density at radius 2 is 2.28 bits per heavy atom. The van der Waals surface area contributed by atoms with Gasteiger partial charge in [-0.15, -0.1) is 0 Å². The highest BCUT2D eigenvalue weighted by Crippen LogP contribution is 2.21. The SMILES string of the molecule is CCc1cc(CC(=O)C2CCS(=O)(=O)C2)n(C)n1. The van der Waals surface area contributed by atoms with Crippen LogP contribution in [0.5, 0.6) is 0 Å². The molecule has 0 saturated carbocycles. The summed E-state index contributed by atoms with van der Waals surface area (Å²) in [4.78, 5) is 12.0. The lowest BCUT2D eigenvalue weighted by molar-refractivity contribution is -0.121. The Hall–Kier alpha value is -1.17. The van der Waals surface area contributed by atoms with Crippen LogP contribution < -0.4 is 0 Å². The first-order valence-electron chi connectivity index (χ1n) is 6.16. The Labute approximate surface area is 107 Å². The minimum absolute atomic E-state index is 0.0155. The molecule has 0 spiro atoms. The topological polar surface area (TPSA) is 69.0 Å². The highest BCUT2D eigenvalue weighted by molar-refractivity contribution is 7.91. The van der Waals surface area contributed by atoms with Crippen LogP contribution in [0.3, 0.4) is 0 Å². The van der Waals surface area contributed by atoms with Crippen LogP contribution >= 0.6 is 0 Å². The number of aromatic nitrogens is 2. The first-order chi connectivity index (χ1) is 8.41. The van der Waals surface area contributed by atoms with Crippen molar-refractivity contribution in [2.75, 3.05) is 11.5 Å². The van der Waals surface area contributed by atoms with E-state index in [-0.39, 0.29) is 29.6 Å². The van der Waals surface area contributed by atoms with Crippen molar-refractivity contribution >= 4 is 15.6 Å². The second-order valence-electron chi connectivity index (χ2n) is 4.85. The Bertz CT molecular complexity index is 560. The van der Waals surface area contributed by atoms with E-state index in [4.69, 9.17) is 0 Å². The Kier molecular flexibility index (Phi) is 3.56. The summed E-state index contributed by atoms with van der Waals surface area (Å²) in [6.45, 7) is 2.01. The van der Waals surface area contributed by atoms with Gasteiger partial charge in [0.25, 0.3) is 0 Å². The first-order valence-corrected chi connectivity index (χ1v) is 7.98. The minimum atomic E-state index is -2.99. The van der Waals surface area contributed by atoms with Gasteiger partial charge in [-0.1, -0.05) is 6.92 Å². The minimum Gasteiger partial charge on any atom is -0.299 e. The average Bonchev–Trinajstić information content (AvgIpc) is 2.82. The molecule has 1 fully saturated rings. The molecule has 1 aromatic heterocycles. The average molecular weight is 270 g/mol. The summed E-state index contributed by atoms with van der Waals surface area (Å²) in [7, 11) is -1.17. The molecule has 1 unspecified atom stereocenters. The fraction of sp³-hybridized carbons (Fsp3) is 0.667. The molecule has 0 radical (unpaired) electrons. The van der Waals surface area contributed by atoms with Gasteiger partial charge in [-0.2, -0.15) is 5.10 Å². The molecule has 0 aromatic carbocycles. The van der Waals surface area contributed by atoms with Crippen LogP contribution in [0.2, 0.25) is 0 Å². The van der Waals surface area contributed by atoms with Gasteiger partial charge in [-0.05, 0) is 18.9 Å². The fourth-order valence-electron chi connectivity index (χ4n) is 2.28. The largest absolute Gasteiger partial charge is 0.299 e. The third-order valence-corrected chi connectivity index (χ3v) is 5.20. The molecule has 1 aliphatic rings. The standard InChI is InChI=1S/C12H18N2O3S/c1-3-10-6-11(14(2)13-10)7-12(15)9-4-5-18(16,17)8-9/h6,9H,3-5,7-8H2,1-2H3. The predicted octanol–water partition coefficient (Wildman–Crippen LogP) is 0.529. The van der Waals surface area contributed by atoms with E-state index in [9.17, 15) is 13.2 Å². The van der Waals surface area contributed by atoms with Crippen molar-refractivity contribution in [3.8, 4) is 0 Å². The first kappa shape index (κ1) is 13.3. The Morgan fingerprint density at radius 3 is 2.78 bits per heavy atom. The molecule has 1 atom stereocenters. The summed E-state index contributed by atoms with van der Waals surface area (Å²) in [5.41, 5.74) is 1.82. The molecule has 100 valence electrons. The van der Waals surface area contributed by atoms with Gasteiger partial charge in [0.15, 0.2) is 9.84 Å². The van der Waals surface area contributed by atoms with Gasteiger partial charge >= 0.3 is 0 Å².